The summed E-state index contributed by atoms with van der Waals surface area (Å²) in [5.74, 6) is 1.25. The van der Waals surface area contributed by atoms with Gasteiger partial charge < -0.3 is 5.32 Å². The molecule has 0 amide bonds. The van der Waals surface area contributed by atoms with Crippen LogP contribution in [0.3, 0.4) is 0 Å². The van der Waals surface area contributed by atoms with Crippen LogP contribution in [0.5, 0.6) is 0 Å². The maximum absolute atomic E-state index is 11.6. The van der Waals surface area contributed by atoms with Crippen molar-refractivity contribution in [3.8, 4) is 0 Å². The molecule has 1 aliphatic rings. The van der Waals surface area contributed by atoms with Crippen molar-refractivity contribution in [3.63, 3.8) is 0 Å². The minimum Gasteiger partial charge on any atom is -0.318 e. The summed E-state index contributed by atoms with van der Waals surface area (Å²) in [6.45, 7) is 4.97. The molecule has 14 heavy (non-hydrogen) atoms. The first-order chi connectivity index (χ1) is 6.47. The van der Waals surface area contributed by atoms with Gasteiger partial charge in [0.25, 0.3) is 0 Å². The second-order valence-corrected chi connectivity index (χ2v) is 6.42. The second-order valence-electron chi connectivity index (χ2n) is 4.23. The van der Waals surface area contributed by atoms with E-state index in [1.54, 1.807) is 14.0 Å². The Bertz CT molecular complexity index is 277. The Labute approximate surface area is 86.5 Å². The van der Waals surface area contributed by atoms with Gasteiger partial charge in [-0.2, -0.15) is 0 Å². The van der Waals surface area contributed by atoms with Crippen molar-refractivity contribution in [2.45, 2.75) is 25.5 Å². The highest BCUT2D eigenvalue weighted by atomic mass is 32.2. The third-order valence-corrected chi connectivity index (χ3v) is 4.64. The molecule has 3 unspecified atom stereocenters. The van der Waals surface area contributed by atoms with Gasteiger partial charge in [-0.1, -0.05) is 6.92 Å². The van der Waals surface area contributed by atoms with Crippen molar-refractivity contribution in [2.24, 2.45) is 11.8 Å². The van der Waals surface area contributed by atoms with Crippen LogP contribution in [-0.4, -0.2) is 33.8 Å². The highest BCUT2D eigenvalue weighted by Gasteiger charge is 2.33. The van der Waals surface area contributed by atoms with Gasteiger partial charge >= 0.3 is 0 Å². The zero-order chi connectivity index (χ0) is 10.8. The van der Waals surface area contributed by atoms with Crippen LogP contribution in [0.2, 0.25) is 0 Å². The van der Waals surface area contributed by atoms with Gasteiger partial charge in [0.15, 0.2) is 0 Å². The van der Waals surface area contributed by atoms with Gasteiger partial charge in [0.05, 0.1) is 5.25 Å². The third kappa shape index (κ3) is 3.22. The minimum atomic E-state index is -3.11. The molecule has 0 aromatic heterocycles. The first-order valence-corrected chi connectivity index (χ1v) is 6.65. The van der Waals surface area contributed by atoms with Crippen LogP contribution >= 0.6 is 0 Å². The summed E-state index contributed by atoms with van der Waals surface area (Å²) in [7, 11) is -1.35. The summed E-state index contributed by atoms with van der Waals surface area (Å²) >= 11 is 0. The molecule has 1 aliphatic carbocycles. The molecule has 0 heterocycles. The Morgan fingerprint density at radius 1 is 1.50 bits per heavy atom. The lowest BCUT2D eigenvalue weighted by Crippen LogP contribution is -2.38. The second kappa shape index (κ2) is 4.59. The highest BCUT2D eigenvalue weighted by Crippen LogP contribution is 2.36. The molecule has 0 aliphatic heterocycles. The molecule has 0 saturated heterocycles. The molecule has 84 valence electrons. The fourth-order valence-corrected chi connectivity index (χ4v) is 2.56. The van der Waals surface area contributed by atoms with E-state index in [-0.39, 0.29) is 5.25 Å². The molecule has 3 atom stereocenters. The predicted octanol–water partition coefficient (Wildman–Crippen LogP) is 0.170. The van der Waals surface area contributed by atoms with E-state index < -0.39 is 10.0 Å². The van der Waals surface area contributed by atoms with Gasteiger partial charge in [0.2, 0.25) is 10.0 Å². The van der Waals surface area contributed by atoms with E-state index in [0.717, 1.165) is 6.42 Å². The molecule has 1 rings (SSSR count). The lowest BCUT2D eigenvalue weighted by Gasteiger charge is -2.13. The number of hydrogen-bond acceptors (Lipinski definition) is 3. The van der Waals surface area contributed by atoms with E-state index in [9.17, 15) is 8.42 Å². The third-order valence-electron chi connectivity index (χ3n) is 2.84. The molecule has 1 saturated carbocycles. The van der Waals surface area contributed by atoms with E-state index in [4.69, 9.17) is 0 Å². The van der Waals surface area contributed by atoms with Crippen molar-refractivity contribution in [1.82, 2.24) is 10.0 Å². The molecule has 4 nitrogen and oxygen atoms in total. The summed E-state index contributed by atoms with van der Waals surface area (Å²) < 4.78 is 25.9. The molecular weight excluding hydrogens is 200 g/mol. The lowest BCUT2D eigenvalue weighted by atomic mass is 10.3. The maximum Gasteiger partial charge on any atom is 0.215 e. The van der Waals surface area contributed by atoms with Crippen LogP contribution in [0.1, 0.15) is 20.3 Å². The van der Waals surface area contributed by atoms with Crippen LogP contribution in [0.15, 0.2) is 0 Å². The van der Waals surface area contributed by atoms with Gasteiger partial charge in [0, 0.05) is 13.1 Å². The number of sulfonamides is 1. The quantitative estimate of drug-likeness (QED) is 0.671. The normalized spacial score (nSPS) is 28.8. The molecule has 1 fully saturated rings. The van der Waals surface area contributed by atoms with E-state index in [0.29, 0.717) is 24.9 Å². The Balaban J connectivity index is 2.33. The standard InChI is InChI=1S/C9H20N2O2S/c1-7-4-9(7)6-11-14(12,13)8(2)5-10-3/h7-11H,4-6H2,1-3H3. The molecule has 0 aromatic carbocycles. The SMILES string of the molecule is CNCC(C)S(=O)(=O)NCC1CC1C. The Morgan fingerprint density at radius 2 is 2.07 bits per heavy atom. The highest BCUT2D eigenvalue weighted by molar-refractivity contribution is 7.90. The summed E-state index contributed by atoms with van der Waals surface area (Å²) in [4.78, 5) is 0. The number of rotatable bonds is 6. The zero-order valence-electron chi connectivity index (χ0n) is 9.08. The van der Waals surface area contributed by atoms with Crippen molar-refractivity contribution in [2.75, 3.05) is 20.1 Å². The van der Waals surface area contributed by atoms with Gasteiger partial charge in [-0.05, 0) is 32.2 Å². The molecule has 0 radical (unpaired) electrons. The van der Waals surface area contributed by atoms with Crippen molar-refractivity contribution in [1.29, 1.82) is 0 Å². The minimum absolute atomic E-state index is 0.360. The topological polar surface area (TPSA) is 58.2 Å². The Kier molecular flexibility index (Phi) is 3.92. The van der Waals surface area contributed by atoms with E-state index in [1.165, 1.54) is 0 Å². The van der Waals surface area contributed by atoms with Crippen LogP contribution in [0.25, 0.3) is 0 Å². The lowest BCUT2D eigenvalue weighted by molar-refractivity contribution is 0.557. The van der Waals surface area contributed by atoms with Crippen LogP contribution in [0.4, 0.5) is 0 Å². The van der Waals surface area contributed by atoms with E-state index >= 15 is 0 Å². The molecule has 0 spiro atoms. The average molecular weight is 220 g/mol. The first-order valence-electron chi connectivity index (χ1n) is 5.10. The zero-order valence-corrected chi connectivity index (χ0v) is 9.89. The summed E-state index contributed by atoms with van der Waals surface area (Å²) in [6.07, 6.45) is 1.16. The first kappa shape index (κ1) is 11.9. The number of nitrogens with one attached hydrogen (secondary N) is 2. The smallest absolute Gasteiger partial charge is 0.215 e. The fraction of sp³-hybridized carbons (Fsp3) is 1.00. The van der Waals surface area contributed by atoms with Crippen LogP contribution in [0, 0.1) is 11.8 Å². The van der Waals surface area contributed by atoms with Crippen molar-refractivity contribution in [3.05, 3.63) is 0 Å². The van der Waals surface area contributed by atoms with Crippen LogP contribution in [-0.2, 0) is 10.0 Å². The van der Waals surface area contributed by atoms with E-state index in [1.807, 2.05) is 0 Å². The largest absolute Gasteiger partial charge is 0.318 e. The van der Waals surface area contributed by atoms with E-state index in [2.05, 4.69) is 17.0 Å². The van der Waals surface area contributed by atoms with Crippen molar-refractivity contribution < 1.29 is 8.42 Å². The van der Waals surface area contributed by atoms with Gasteiger partial charge in [0.1, 0.15) is 0 Å². The monoisotopic (exact) mass is 220 g/mol. The molecule has 0 aromatic rings. The molecule has 0 bridgehead atoms. The Morgan fingerprint density at radius 3 is 2.50 bits per heavy atom. The summed E-state index contributed by atoms with van der Waals surface area (Å²) in [5.41, 5.74) is 0. The Hall–Kier alpha value is -0.130. The molecule has 5 heteroatoms. The van der Waals surface area contributed by atoms with Gasteiger partial charge in [-0.15, -0.1) is 0 Å². The van der Waals surface area contributed by atoms with Crippen LogP contribution < -0.4 is 10.0 Å². The van der Waals surface area contributed by atoms with Crippen molar-refractivity contribution >= 4 is 10.0 Å². The number of hydrogen-bond donors (Lipinski definition) is 2. The average Bonchev–Trinajstić information content (AvgIpc) is 2.79. The van der Waals surface area contributed by atoms with Gasteiger partial charge in [-0.3, -0.25) is 0 Å². The summed E-state index contributed by atoms with van der Waals surface area (Å²) in [6, 6.07) is 0. The molecule has 2 N–H and O–H groups in total. The molecular formula is C9H20N2O2S. The summed E-state index contributed by atoms with van der Waals surface area (Å²) in [5, 5.41) is 2.51. The van der Waals surface area contributed by atoms with Gasteiger partial charge in [-0.25, -0.2) is 13.1 Å². The fourth-order valence-electron chi connectivity index (χ4n) is 1.45. The maximum atomic E-state index is 11.6. The predicted molar refractivity (Wildman–Crippen MR) is 57.6 cm³/mol.